The van der Waals surface area contributed by atoms with Gasteiger partial charge >= 0.3 is 0 Å². The molecule has 0 aromatic heterocycles. The minimum Gasteiger partial charge on any atom is -0.508 e. The maximum absolute atomic E-state index is 9.64. The normalized spacial score (nSPS) is 10.3. The summed E-state index contributed by atoms with van der Waals surface area (Å²) in [5.74, 6) is 0.258. The number of ether oxygens (including phenoxy) is 6. The summed E-state index contributed by atoms with van der Waals surface area (Å²) in [6.07, 6.45) is 0. The molecule has 1 aromatic carbocycles. The number of hydrogen-bond acceptors (Lipinski definition) is 8. The highest BCUT2D eigenvalue weighted by Gasteiger charge is 2.14. The van der Waals surface area contributed by atoms with Crippen LogP contribution in [0.25, 0.3) is 0 Å². The smallest absolute Gasteiger partial charge is 0.189 e. The lowest BCUT2D eigenvalue weighted by Crippen LogP contribution is -2.11. The molecule has 0 bridgehead atoms. The van der Waals surface area contributed by atoms with Gasteiger partial charge in [0.05, 0.1) is 26.4 Å². The van der Waals surface area contributed by atoms with E-state index >= 15 is 0 Å². The van der Waals surface area contributed by atoms with E-state index in [1.807, 2.05) is 6.07 Å². The molecule has 0 radical (unpaired) electrons. The Morgan fingerprint density at radius 1 is 0.957 bits per heavy atom. The van der Waals surface area contributed by atoms with Crippen LogP contribution >= 0.6 is 0 Å². The number of methoxy groups -OCH3 is 2. The molecule has 8 nitrogen and oxygen atoms in total. The fraction of sp³-hybridized carbons (Fsp3) is 0.533. The molecule has 0 aliphatic heterocycles. The largest absolute Gasteiger partial charge is 0.508 e. The van der Waals surface area contributed by atoms with Crippen molar-refractivity contribution in [2.45, 2.75) is 0 Å². The molecule has 0 aliphatic rings. The van der Waals surface area contributed by atoms with Crippen molar-refractivity contribution in [1.82, 2.24) is 0 Å². The number of benzene rings is 1. The average molecular weight is 327 g/mol. The number of hydrogen-bond donors (Lipinski definition) is 1. The molecule has 8 heteroatoms. The number of phenols is 1. The zero-order valence-electron chi connectivity index (χ0n) is 13.2. The second kappa shape index (κ2) is 11.5. The molecule has 0 heterocycles. The molecule has 0 spiro atoms. The van der Waals surface area contributed by atoms with E-state index in [1.54, 1.807) is 14.2 Å². The van der Waals surface area contributed by atoms with E-state index in [0.717, 1.165) is 0 Å². The number of rotatable bonds is 12. The van der Waals surface area contributed by atoms with Crippen LogP contribution in [0.15, 0.2) is 12.1 Å². The lowest BCUT2D eigenvalue weighted by Gasteiger charge is -2.14. The molecule has 1 aromatic rings. The topological polar surface area (TPSA) is 99.4 Å². The van der Waals surface area contributed by atoms with Crippen molar-refractivity contribution in [3.63, 3.8) is 0 Å². The molecule has 0 amide bonds. The fourth-order valence-corrected chi connectivity index (χ4v) is 1.53. The first-order valence-corrected chi connectivity index (χ1v) is 6.89. The average Bonchev–Trinajstić information content (AvgIpc) is 2.55. The minimum absolute atomic E-state index is 0.0709. The SMILES string of the molecule is COCCOCOc1cc(O)cc(C#N)c1OCOCCOC. The van der Waals surface area contributed by atoms with E-state index < -0.39 is 0 Å². The van der Waals surface area contributed by atoms with Crippen molar-refractivity contribution in [3.05, 3.63) is 17.7 Å². The van der Waals surface area contributed by atoms with Crippen LogP contribution in [0.2, 0.25) is 0 Å². The zero-order valence-corrected chi connectivity index (χ0v) is 13.2. The monoisotopic (exact) mass is 327 g/mol. The molecule has 1 rings (SSSR count). The Hall–Kier alpha value is -2.05. The van der Waals surface area contributed by atoms with Gasteiger partial charge in [-0.15, -0.1) is 0 Å². The highest BCUT2D eigenvalue weighted by atomic mass is 16.7. The van der Waals surface area contributed by atoms with Gasteiger partial charge in [0, 0.05) is 26.4 Å². The molecular weight excluding hydrogens is 306 g/mol. The van der Waals surface area contributed by atoms with E-state index in [9.17, 15) is 5.11 Å². The zero-order chi connectivity index (χ0) is 16.9. The molecule has 128 valence electrons. The molecule has 0 saturated carbocycles. The van der Waals surface area contributed by atoms with Crippen LogP contribution in [0.5, 0.6) is 17.2 Å². The first-order valence-electron chi connectivity index (χ1n) is 6.89. The molecule has 23 heavy (non-hydrogen) atoms. The Kier molecular flexibility index (Phi) is 9.51. The molecule has 0 saturated heterocycles. The molecule has 0 aliphatic carbocycles. The van der Waals surface area contributed by atoms with Crippen molar-refractivity contribution >= 4 is 0 Å². The second-order valence-corrected chi connectivity index (χ2v) is 4.26. The fourth-order valence-electron chi connectivity index (χ4n) is 1.53. The van der Waals surface area contributed by atoms with Gasteiger partial charge in [0.1, 0.15) is 17.4 Å². The highest BCUT2D eigenvalue weighted by molar-refractivity contribution is 5.56. The van der Waals surface area contributed by atoms with E-state index in [-0.39, 0.29) is 36.4 Å². The van der Waals surface area contributed by atoms with E-state index in [2.05, 4.69) is 0 Å². The van der Waals surface area contributed by atoms with Gasteiger partial charge in [-0.25, -0.2) is 0 Å². The molecule has 0 atom stereocenters. The number of nitrogens with zero attached hydrogens (tertiary/aromatic N) is 1. The third-order valence-electron chi connectivity index (χ3n) is 2.61. The van der Waals surface area contributed by atoms with Gasteiger partial charge in [0.15, 0.2) is 25.1 Å². The summed E-state index contributed by atoms with van der Waals surface area (Å²) >= 11 is 0. The van der Waals surface area contributed by atoms with Crippen LogP contribution in [0, 0.1) is 11.3 Å². The van der Waals surface area contributed by atoms with Gasteiger partial charge < -0.3 is 33.5 Å². The van der Waals surface area contributed by atoms with Gasteiger partial charge in [0.2, 0.25) is 0 Å². The first-order chi connectivity index (χ1) is 11.2. The summed E-state index contributed by atoms with van der Waals surface area (Å²) in [5, 5.41) is 18.8. The number of aromatic hydroxyl groups is 1. The van der Waals surface area contributed by atoms with Gasteiger partial charge in [-0.3, -0.25) is 0 Å². The molecule has 0 unspecified atom stereocenters. The Morgan fingerprint density at radius 2 is 1.57 bits per heavy atom. The van der Waals surface area contributed by atoms with Gasteiger partial charge in [-0.2, -0.15) is 5.26 Å². The maximum atomic E-state index is 9.64. The van der Waals surface area contributed by atoms with Gasteiger partial charge in [-0.05, 0) is 0 Å². The predicted molar refractivity (Wildman–Crippen MR) is 79.5 cm³/mol. The predicted octanol–water partition coefficient (Wildman–Crippen LogP) is 1.26. The van der Waals surface area contributed by atoms with E-state index in [0.29, 0.717) is 26.4 Å². The van der Waals surface area contributed by atoms with Crippen LogP contribution in [0.3, 0.4) is 0 Å². The minimum atomic E-state index is -0.110. The number of nitriles is 1. The molecule has 0 fully saturated rings. The third-order valence-corrected chi connectivity index (χ3v) is 2.61. The maximum Gasteiger partial charge on any atom is 0.189 e. The van der Waals surface area contributed by atoms with Crippen molar-refractivity contribution < 1.29 is 33.5 Å². The standard InChI is InChI=1S/C15H21NO7/c1-18-3-5-20-10-22-14-8-13(17)7-12(9-16)15(14)23-11-21-6-4-19-2/h7-8,17H,3-6,10-11H2,1-2H3. The van der Waals surface area contributed by atoms with E-state index in [1.165, 1.54) is 12.1 Å². The summed E-state index contributed by atoms with van der Waals surface area (Å²) in [7, 11) is 3.13. The van der Waals surface area contributed by atoms with Gasteiger partial charge in [-0.1, -0.05) is 0 Å². The number of phenolic OH excluding ortho intramolecular Hbond substituents is 1. The Bertz CT molecular complexity index is 501. The second-order valence-electron chi connectivity index (χ2n) is 4.26. The lowest BCUT2D eigenvalue weighted by atomic mass is 10.2. The summed E-state index contributed by atoms with van der Waals surface area (Å²) < 4.78 is 30.9. The van der Waals surface area contributed by atoms with Crippen molar-refractivity contribution in [2.24, 2.45) is 0 Å². The van der Waals surface area contributed by atoms with Crippen molar-refractivity contribution in [2.75, 3.05) is 54.2 Å². The Balaban J connectivity index is 2.65. The summed E-state index contributed by atoms with van der Waals surface area (Å²) in [5.41, 5.74) is 0.132. The summed E-state index contributed by atoms with van der Waals surface area (Å²) in [6, 6.07) is 4.55. The summed E-state index contributed by atoms with van der Waals surface area (Å²) in [4.78, 5) is 0. The highest BCUT2D eigenvalue weighted by Crippen LogP contribution is 2.35. The summed E-state index contributed by atoms with van der Waals surface area (Å²) in [6.45, 7) is 1.43. The van der Waals surface area contributed by atoms with Crippen molar-refractivity contribution in [3.8, 4) is 23.3 Å². The Labute approximate surface area is 135 Å². The van der Waals surface area contributed by atoms with Crippen LogP contribution in [-0.2, 0) is 18.9 Å². The van der Waals surface area contributed by atoms with Crippen LogP contribution < -0.4 is 9.47 Å². The van der Waals surface area contributed by atoms with E-state index in [4.69, 9.17) is 33.7 Å². The molecular formula is C15H21NO7. The first kappa shape index (κ1) is 19.0. The van der Waals surface area contributed by atoms with Crippen molar-refractivity contribution in [1.29, 1.82) is 5.26 Å². The quantitative estimate of drug-likeness (QED) is 0.452. The third kappa shape index (κ3) is 7.17. The lowest BCUT2D eigenvalue weighted by molar-refractivity contribution is -0.0209. The molecule has 1 N–H and O–H groups in total. The van der Waals surface area contributed by atoms with Crippen LogP contribution in [0.1, 0.15) is 5.56 Å². The Morgan fingerprint density at radius 3 is 2.13 bits per heavy atom. The van der Waals surface area contributed by atoms with Crippen LogP contribution in [-0.4, -0.2) is 59.3 Å². The van der Waals surface area contributed by atoms with Crippen LogP contribution in [0.4, 0.5) is 0 Å². The van der Waals surface area contributed by atoms with Gasteiger partial charge in [0.25, 0.3) is 0 Å².